The number of hydrogen-bond donors (Lipinski definition) is 1. The van der Waals surface area contributed by atoms with Crippen LogP contribution in [0.4, 0.5) is 10.1 Å². The lowest BCUT2D eigenvalue weighted by Crippen LogP contribution is -2.49. The first-order valence-electron chi connectivity index (χ1n) is 9.84. The highest BCUT2D eigenvalue weighted by Crippen LogP contribution is 2.23. The van der Waals surface area contributed by atoms with Gasteiger partial charge in [-0.15, -0.1) is 0 Å². The molecule has 5 nitrogen and oxygen atoms in total. The summed E-state index contributed by atoms with van der Waals surface area (Å²) in [7, 11) is -3.74. The van der Waals surface area contributed by atoms with Crippen LogP contribution < -0.4 is 9.62 Å². The van der Waals surface area contributed by atoms with Gasteiger partial charge in [0, 0.05) is 6.54 Å². The molecule has 0 saturated heterocycles. The monoisotopic (exact) mass is 420 g/mol. The number of nitrogens with one attached hydrogen (secondary N) is 1. The molecule has 0 saturated carbocycles. The standard InChI is InChI=1S/C22H29FN2O3S/c1-5-16-8-9-17(6-2)18(14-16)15-24-22(26)21(7-3)25(29(4,27)28)20-12-10-19(23)11-13-20/h8-14,21H,5-7,15H2,1-4H3,(H,24,26). The molecule has 7 heteroatoms. The van der Waals surface area contributed by atoms with Crippen molar-refractivity contribution in [2.24, 2.45) is 0 Å². The molecule has 0 radical (unpaired) electrons. The van der Waals surface area contributed by atoms with Gasteiger partial charge >= 0.3 is 0 Å². The average Bonchev–Trinajstić information content (AvgIpc) is 2.69. The molecule has 29 heavy (non-hydrogen) atoms. The van der Waals surface area contributed by atoms with Crippen molar-refractivity contribution in [3.8, 4) is 0 Å². The van der Waals surface area contributed by atoms with Gasteiger partial charge in [-0.05, 0) is 60.2 Å². The second-order valence-electron chi connectivity index (χ2n) is 6.99. The number of hydrogen-bond acceptors (Lipinski definition) is 3. The van der Waals surface area contributed by atoms with E-state index in [0.717, 1.165) is 34.5 Å². The average molecular weight is 421 g/mol. The van der Waals surface area contributed by atoms with Crippen molar-refractivity contribution in [2.75, 3.05) is 10.6 Å². The van der Waals surface area contributed by atoms with Crippen LogP contribution >= 0.6 is 0 Å². The van der Waals surface area contributed by atoms with Crippen molar-refractivity contribution in [1.82, 2.24) is 5.32 Å². The van der Waals surface area contributed by atoms with Crippen LogP contribution in [0.25, 0.3) is 0 Å². The maximum Gasteiger partial charge on any atom is 0.244 e. The Balaban J connectivity index is 2.27. The van der Waals surface area contributed by atoms with Crippen LogP contribution in [0.3, 0.4) is 0 Å². The van der Waals surface area contributed by atoms with E-state index in [1.165, 1.54) is 29.8 Å². The Morgan fingerprint density at radius 1 is 1.03 bits per heavy atom. The summed E-state index contributed by atoms with van der Waals surface area (Å²) in [5.41, 5.74) is 3.62. The van der Waals surface area contributed by atoms with E-state index in [1.54, 1.807) is 6.92 Å². The molecule has 158 valence electrons. The summed E-state index contributed by atoms with van der Waals surface area (Å²) in [4.78, 5) is 12.9. The Morgan fingerprint density at radius 2 is 1.69 bits per heavy atom. The predicted molar refractivity (Wildman–Crippen MR) is 115 cm³/mol. The number of rotatable bonds is 9. The molecule has 1 atom stereocenters. The van der Waals surface area contributed by atoms with E-state index < -0.39 is 21.9 Å². The largest absolute Gasteiger partial charge is 0.350 e. The van der Waals surface area contributed by atoms with Gasteiger partial charge in [0.25, 0.3) is 0 Å². The minimum atomic E-state index is -3.74. The van der Waals surface area contributed by atoms with Gasteiger partial charge in [0.15, 0.2) is 0 Å². The normalized spacial score (nSPS) is 12.4. The lowest BCUT2D eigenvalue weighted by Gasteiger charge is -2.30. The van der Waals surface area contributed by atoms with Gasteiger partial charge in [-0.3, -0.25) is 9.10 Å². The van der Waals surface area contributed by atoms with Crippen LogP contribution in [-0.4, -0.2) is 26.6 Å². The summed E-state index contributed by atoms with van der Waals surface area (Å²) >= 11 is 0. The second kappa shape index (κ2) is 9.87. The van der Waals surface area contributed by atoms with Gasteiger partial charge in [0.05, 0.1) is 11.9 Å². The summed E-state index contributed by atoms with van der Waals surface area (Å²) in [6, 6.07) is 10.4. The Bertz CT molecular complexity index is 943. The molecule has 0 spiro atoms. The topological polar surface area (TPSA) is 66.5 Å². The Morgan fingerprint density at radius 3 is 2.21 bits per heavy atom. The van der Waals surface area contributed by atoms with E-state index in [9.17, 15) is 17.6 Å². The molecule has 1 unspecified atom stereocenters. The maximum atomic E-state index is 13.3. The molecule has 0 bridgehead atoms. The summed E-state index contributed by atoms with van der Waals surface area (Å²) in [6.07, 6.45) is 3.07. The number of sulfonamides is 1. The van der Waals surface area contributed by atoms with Crippen molar-refractivity contribution in [1.29, 1.82) is 0 Å². The van der Waals surface area contributed by atoms with E-state index in [1.807, 2.05) is 0 Å². The zero-order valence-electron chi connectivity index (χ0n) is 17.4. The minimum Gasteiger partial charge on any atom is -0.350 e. The fourth-order valence-electron chi connectivity index (χ4n) is 3.36. The first-order chi connectivity index (χ1) is 13.7. The molecule has 2 aromatic carbocycles. The lowest BCUT2D eigenvalue weighted by molar-refractivity contribution is -0.122. The number of carbonyl (C=O) groups is 1. The first kappa shape index (κ1) is 22.9. The van der Waals surface area contributed by atoms with Crippen LogP contribution in [0.1, 0.15) is 43.9 Å². The van der Waals surface area contributed by atoms with Gasteiger partial charge < -0.3 is 5.32 Å². The van der Waals surface area contributed by atoms with Crippen LogP contribution in [0.15, 0.2) is 42.5 Å². The van der Waals surface area contributed by atoms with Gasteiger partial charge in [-0.2, -0.15) is 0 Å². The van der Waals surface area contributed by atoms with Crippen LogP contribution in [0.2, 0.25) is 0 Å². The van der Waals surface area contributed by atoms with E-state index in [0.29, 0.717) is 6.54 Å². The fraction of sp³-hybridized carbons (Fsp3) is 0.409. The number of nitrogens with zero attached hydrogens (tertiary/aromatic N) is 1. The molecule has 0 aliphatic heterocycles. The van der Waals surface area contributed by atoms with Crippen molar-refractivity contribution in [3.05, 3.63) is 65.0 Å². The lowest BCUT2D eigenvalue weighted by atomic mass is 10.0. The fourth-order valence-corrected chi connectivity index (χ4v) is 4.57. The van der Waals surface area contributed by atoms with Crippen molar-refractivity contribution in [2.45, 2.75) is 52.6 Å². The molecule has 0 aliphatic rings. The zero-order valence-corrected chi connectivity index (χ0v) is 18.2. The molecule has 0 heterocycles. The van der Waals surface area contributed by atoms with Gasteiger partial charge in [0.1, 0.15) is 11.9 Å². The predicted octanol–water partition coefficient (Wildman–Crippen LogP) is 3.81. The number of halogens is 1. The molecular weight excluding hydrogens is 391 g/mol. The number of benzene rings is 2. The molecule has 0 aliphatic carbocycles. The Kier molecular flexibility index (Phi) is 7.79. The van der Waals surface area contributed by atoms with Crippen molar-refractivity contribution in [3.63, 3.8) is 0 Å². The molecule has 2 aromatic rings. The third-order valence-corrected chi connectivity index (χ3v) is 6.10. The van der Waals surface area contributed by atoms with Crippen LogP contribution in [0, 0.1) is 5.82 Å². The highest BCUT2D eigenvalue weighted by molar-refractivity contribution is 7.92. The summed E-state index contributed by atoms with van der Waals surface area (Å²) < 4.78 is 39.2. The van der Waals surface area contributed by atoms with Crippen molar-refractivity contribution < 1.29 is 17.6 Å². The third kappa shape index (κ3) is 5.79. The van der Waals surface area contributed by atoms with E-state index in [4.69, 9.17) is 0 Å². The molecular formula is C22H29FN2O3S. The van der Waals surface area contributed by atoms with E-state index in [2.05, 4.69) is 37.4 Å². The Labute approximate surface area is 173 Å². The second-order valence-corrected chi connectivity index (χ2v) is 8.85. The molecule has 2 rings (SSSR count). The highest BCUT2D eigenvalue weighted by atomic mass is 32.2. The summed E-state index contributed by atoms with van der Waals surface area (Å²) in [5, 5.41) is 2.89. The first-order valence-corrected chi connectivity index (χ1v) is 11.7. The van der Waals surface area contributed by atoms with Crippen LogP contribution in [0.5, 0.6) is 0 Å². The molecule has 1 amide bonds. The summed E-state index contributed by atoms with van der Waals surface area (Å²) in [5.74, 6) is -0.853. The van der Waals surface area contributed by atoms with E-state index in [-0.39, 0.29) is 18.0 Å². The van der Waals surface area contributed by atoms with Gasteiger partial charge in [-0.1, -0.05) is 39.0 Å². The van der Waals surface area contributed by atoms with E-state index >= 15 is 0 Å². The van der Waals surface area contributed by atoms with Gasteiger partial charge in [0.2, 0.25) is 15.9 Å². The molecule has 1 N–H and O–H groups in total. The quantitative estimate of drug-likeness (QED) is 0.671. The van der Waals surface area contributed by atoms with Crippen molar-refractivity contribution >= 4 is 21.6 Å². The molecule has 0 aromatic heterocycles. The van der Waals surface area contributed by atoms with Gasteiger partial charge in [-0.25, -0.2) is 12.8 Å². The number of amides is 1. The zero-order chi connectivity index (χ0) is 21.6. The summed E-state index contributed by atoms with van der Waals surface area (Å²) in [6.45, 7) is 6.21. The van der Waals surface area contributed by atoms with Crippen LogP contribution in [-0.2, 0) is 34.2 Å². The third-order valence-electron chi connectivity index (χ3n) is 4.92. The minimum absolute atomic E-state index is 0.262. The number of anilines is 1. The Hall–Kier alpha value is -2.41. The number of aryl methyl sites for hydroxylation is 2. The highest BCUT2D eigenvalue weighted by Gasteiger charge is 2.31. The SMILES string of the molecule is CCc1ccc(CC)c(CNC(=O)C(CC)N(c2ccc(F)cc2)S(C)(=O)=O)c1. The smallest absolute Gasteiger partial charge is 0.244 e. The molecule has 0 fully saturated rings. The maximum absolute atomic E-state index is 13.3. The number of carbonyl (C=O) groups excluding carboxylic acids is 1.